The van der Waals surface area contributed by atoms with Crippen molar-refractivity contribution in [3.63, 3.8) is 0 Å². The van der Waals surface area contributed by atoms with Crippen molar-refractivity contribution in [2.75, 3.05) is 17.2 Å². The zero-order valence-electron chi connectivity index (χ0n) is 10.7. The second kappa shape index (κ2) is 6.05. The molecule has 1 aromatic heterocycles. The fourth-order valence-electron chi connectivity index (χ4n) is 1.89. The van der Waals surface area contributed by atoms with Crippen LogP contribution in [-0.2, 0) is 0 Å². The molecule has 1 heterocycles. The summed E-state index contributed by atoms with van der Waals surface area (Å²) in [6.45, 7) is 3.19. The lowest BCUT2D eigenvalue weighted by Gasteiger charge is -2.24. The second-order valence-electron chi connectivity index (χ2n) is 4.28. The molecule has 18 heavy (non-hydrogen) atoms. The maximum absolute atomic E-state index is 5.64. The summed E-state index contributed by atoms with van der Waals surface area (Å²) in [6.07, 6.45) is 4.16. The third kappa shape index (κ3) is 3.00. The molecule has 2 aromatic rings. The molecule has 0 aliphatic heterocycles. The minimum atomic E-state index is 0.558. The Labute approximate surface area is 108 Å². The number of nitrogens with two attached hydrogens (primary N) is 1. The number of nitrogens with zero attached hydrogens (tertiary/aromatic N) is 2. The van der Waals surface area contributed by atoms with E-state index in [2.05, 4.69) is 41.1 Å². The van der Waals surface area contributed by atoms with E-state index >= 15 is 0 Å². The molecule has 2 N–H and O–H groups in total. The van der Waals surface area contributed by atoms with Crippen molar-refractivity contribution in [3.8, 4) is 0 Å². The SMILES string of the molecule is CCCCN(c1ccccc1)c1ccc(N)nc1. The molecule has 0 atom stereocenters. The molecule has 0 amide bonds. The number of nitrogen functional groups attached to an aromatic ring is 1. The van der Waals surface area contributed by atoms with Gasteiger partial charge in [-0.25, -0.2) is 4.98 Å². The van der Waals surface area contributed by atoms with Crippen LogP contribution in [0.15, 0.2) is 48.7 Å². The van der Waals surface area contributed by atoms with Gasteiger partial charge in [0.05, 0.1) is 11.9 Å². The third-order valence-corrected chi connectivity index (χ3v) is 2.89. The van der Waals surface area contributed by atoms with Crippen molar-refractivity contribution in [2.24, 2.45) is 0 Å². The summed E-state index contributed by atoms with van der Waals surface area (Å²) in [5.41, 5.74) is 7.92. The molecule has 0 saturated heterocycles. The molecule has 0 bridgehead atoms. The van der Waals surface area contributed by atoms with Crippen LogP contribution in [0.3, 0.4) is 0 Å². The van der Waals surface area contributed by atoms with Gasteiger partial charge in [0.2, 0.25) is 0 Å². The first-order valence-corrected chi connectivity index (χ1v) is 6.35. The number of hydrogen-bond donors (Lipinski definition) is 1. The molecule has 2 rings (SSSR count). The van der Waals surface area contributed by atoms with Crippen LogP contribution < -0.4 is 10.6 Å². The first-order chi connectivity index (χ1) is 8.81. The molecule has 0 radical (unpaired) electrons. The van der Waals surface area contributed by atoms with E-state index in [1.54, 1.807) is 0 Å². The summed E-state index contributed by atoms with van der Waals surface area (Å²) in [7, 11) is 0. The quantitative estimate of drug-likeness (QED) is 0.869. The molecule has 3 heteroatoms. The highest BCUT2D eigenvalue weighted by Crippen LogP contribution is 2.25. The van der Waals surface area contributed by atoms with Gasteiger partial charge in [0.1, 0.15) is 5.82 Å². The first kappa shape index (κ1) is 12.4. The Morgan fingerprint density at radius 1 is 1.06 bits per heavy atom. The predicted octanol–water partition coefficient (Wildman–Crippen LogP) is 3.60. The van der Waals surface area contributed by atoms with Crippen molar-refractivity contribution in [1.82, 2.24) is 4.98 Å². The fraction of sp³-hybridized carbons (Fsp3) is 0.267. The number of rotatable bonds is 5. The fourth-order valence-corrected chi connectivity index (χ4v) is 1.89. The van der Waals surface area contributed by atoms with Crippen molar-refractivity contribution in [3.05, 3.63) is 48.7 Å². The number of anilines is 3. The first-order valence-electron chi connectivity index (χ1n) is 6.35. The van der Waals surface area contributed by atoms with Crippen LogP contribution in [0.2, 0.25) is 0 Å². The Morgan fingerprint density at radius 3 is 2.44 bits per heavy atom. The molecule has 0 unspecified atom stereocenters. The highest BCUT2D eigenvalue weighted by atomic mass is 15.1. The predicted molar refractivity (Wildman–Crippen MR) is 77.0 cm³/mol. The molecular weight excluding hydrogens is 222 g/mol. The van der Waals surface area contributed by atoms with Gasteiger partial charge in [-0.15, -0.1) is 0 Å². The van der Waals surface area contributed by atoms with E-state index < -0.39 is 0 Å². The van der Waals surface area contributed by atoms with Crippen molar-refractivity contribution in [2.45, 2.75) is 19.8 Å². The van der Waals surface area contributed by atoms with E-state index in [0.29, 0.717) is 5.82 Å². The van der Waals surface area contributed by atoms with Gasteiger partial charge < -0.3 is 10.6 Å². The second-order valence-corrected chi connectivity index (χ2v) is 4.28. The van der Waals surface area contributed by atoms with Crippen LogP contribution in [0.25, 0.3) is 0 Å². The van der Waals surface area contributed by atoms with Gasteiger partial charge in [-0.2, -0.15) is 0 Å². The summed E-state index contributed by atoms with van der Waals surface area (Å²) < 4.78 is 0. The molecule has 94 valence electrons. The van der Waals surface area contributed by atoms with Crippen LogP contribution in [0, 0.1) is 0 Å². The van der Waals surface area contributed by atoms with Gasteiger partial charge in [-0.3, -0.25) is 0 Å². The van der Waals surface area contributed by atoms with Gasteiger partial charge in [-0.1, -0.05) is 31.5 Å². The largest absolute Gasteiger partial charge is 0.384 e. The molecule has 0 aliphatic carbocycles. The zero-order valence-corrected chi connectivity index (χ0v) is 10.7. The molecule has 0 spiro atoms. The lowest BCUT2D eigenvalue weighted by atomic mass is 10.2. The van der Waals surface area contributed by atoms with Crippen molar-refractivity contribution < 1.29 is 0 Å². The van der Waals surface area contributed by atoms with Gasteiger partial charge in [0.25, 0.3) is 0 Å². The van der Waals surface area contributed by atoms with Crippen LogP contribution in [0.1, 0.15) is 19.8 Å². The number of benzene rings is 1. The van der Waals surface area contributed by atoms with E-state index in [-0.39, 0.29) is 0 Å². The minimum Gasteiger partial charge on any atom is -0.384 e. The monoisotopic (exact) mass is 241 g/mol. The molecule has 0 fully saturated rings. The van der Waals surface area contributed by atoms with Crippen LogP contribution in [0.5, 0.6) is 0 Å². The van der Waals surface area contributed by atoms with Crippen LogP contribution >= 0.6 is 0 Å². The third-order valence-electron chi connectivity index (χ3n) is 2.89. The number of pyridine rings is 1. The number of para-hydroxylation sites is 1. The van der Waals surface area contributed by atoms with Crippen LogP contribution in [-0.4, -0.2) is 11.5 Å². The lowest BCUT2D eigenvalue weighted by Crippen LogP contribution is -2.18. The van der Waals surface area contributed by atoms with E-state index in [1.807, 2.05) is 24.4 Å². The Morgan fingerprint density at radius 2 is 1.83 bits per heavy atom. The van der Waals surface area contributed by atoms with E-state index in [0.717, 1.165) is 18.7 Å². The van der Waals surface area contributed by atoms with E-state index in [1.165, 1.54) is 12.1 Å². The average molecular weight is 241 g/mol. The van der Waals surface area contributed by atoms with Crippen molar-refractivity contribution in [1.29, 1.82) is 0 Å². The van der Waals surface area contributed by atoms with Gasteiger partial charge in [0.15, 0.2) is 0 Å². The molecule has 3 nitrogen and oxygen atoms in total. The maximum Gasteiger partial charge on any atom is 0.123 e. The summed E-state index contributed by atoms with van der Waals surface area (Å²) in [6, 6.07) is 14.2. The van der Waals surface area contributed by atoms with Gasteiger partial charge in [0, 0.05) is 12.2 Å². The van der Waals surface area contributed by atoms with Crippen LogP contribution in [0.4, 0.5) is 17.2 Å². The standard InChI is InChI=1S/C15H19N3/c1-2-3-11-18(13-7-5-4-6-8-13)14-9-10-15(16)17-12-14/h4-10,12H,2-3,11H2,1H3,(H2,16,17). The Kier molecular flexibility index (Phi) is 4.18. The van der Waals surface area contributed by atoms with E-state index in [9.17, 15) is 0 Å². The minimum absolute atomic E-state index is 0.558. The Hall–Kier alpha value is -2.03. The number of aromatic nitrogens is 1. The van der Waals surface area contributed by atoms with E-state index in [4.69, 9.17) is 5.73 Å². The maximum atomic E-state index is 5.64. The Bertz CT molecular complexity index is 465. The molecular formula is C15H19N3. The van der Waals surface area contributed by atoms with Gasteiger partial charge in [-0.05, 0) is 30.7 Å². The normalized spacial score (nSPS) is 10.3. The summed E-state index contributed by atoms with van der Waals surface area (Å²) >= 11 is 0. The number of unbranched alkanes of at least 4 members (excludes halogenated alkanes) is 1. The zero-order chi connectivity index (χ0) is 12.8. The average Bonchev–Trinajstić information content (AvgIpc) is 2.42. The topological polar surface area (TPSA) is 42.1 Å². The molecule has 1 aromatic carbocycles. The molecule has 0 saturated carbocycles. The highest BCUT2D eigenvalue weighted by Gasteiger charge is 2.08. The summed E-state index contributed by atoms with van der Waals surface area (Å²) in [5.74, 6) is 0.558. The number of hydrogen-bond acceptors (Lipinski definition) is 3. The highest BCUT2D eigenvalue weighted by molar-refractivity contribution is 5.63. The molecule has 0 aliphatic rings. The summed E-state index contributed by atoms with van der Waals surface area (Å²) in [5, 5.41) is 0. The summed E-state index contributed by atoms with van der Waals surface area (Å²) in [4.78, 5) is 6.44. The van der Waals surface area contributed by atoms with Crippen molar-refractivity contribution >= 4 is 17.2 Å². The lowest BCUT2D eigenvalue weighted by molar-refractivity contribution is 0.785. The smallest absolute Gasteiger partial charge is 0.123 e. The Balaban J connectivity index is 2.27. The van der Waals surface area contributed by atoms with Gasteiger partial charge >= 0.3 is 0 Å².